The summed E-state index contributed by atoms with van der Waals surface area (Å²) in [5, 5.41) is 0. The first-order valence-corrected chi connectivity index (χ1v) is 8.42. The number of hydrogen-bond donors (Lipinski definition) is 0. The molecule has 1 saturated carbocycles. The molecule has 0 aromatic carbocycles. The first-order valence-electron chi connectivity index (χ1n) is 8.42. The summed E-state index contributed by atoms with van der Waals surface area (Å²) in [6, 6.07) is 0. The normalized spacial score (nSPS) is 26.8. The number of hydrogen-bond acceptors (Lipinski definition) is 3. The minimum absolute atomic E-state index is 0.225. The zero-order chi connectivity index (χ0) is 14.7. The third kappa shape index (κ3) is 3.96. The van der Waals surface area contributed by atoms with E-state index in [0.717, 1.165) is 38.7 Å². The summed E-state index contributed by atoms with van der Waals surface area (Å²) in [5.41, 5.74) is 0. The lowest BCUT2D eigenvalue weighted by Gasteiger charge is -2.35. The van der Waals surface area contributed by atoms with Gasteiger partial charge in [0, 0.05) is 45.1 Å². The molecule has 2 heterocycles. The van der Waals surface area contributed by atoms with E-state index in [1.807, 2.05) is 9.80 Å². The van der Waals surface area contributed by atoms with Crippen molar-refractivity contribution < 1.29 is 14.3 Å². The predicted molar refractivity (Wildman–Crippen MR) is 78.7 cm³/mol. The molecule has 0 unspecified atom stereocenters. The van der Waals surface area contributed by atoms with Crippen molar-refractivity contribution in [1.29, 1.82) is 0 Å². The van der Waals surface area contributed by atoms with Crippen LogP contribution in [0.25, 0.3) is 0 Å². The molecule has 0 bridgehead atoms. The Morgan fingerprint density at radius 3 is 2.29 bits per heavy atom. The summed E-state index contributed by atoms with van der Waals surface area (Å²) < 4.78 is 5.67. The van der Waals surface area contributed by atoms with Gasteiger partial charge in [0.15, 0.2) is 0 Å². The highest BCUT2D eigenvalue weighted by Crippen LogP contribution is 2.31. The van der Waals surface area contributed by atoms with Crippen LogP contribution in [0.5, 0.6) is 0 Å². The fourth-order valence-electron chi connectivity index (χ4n) is 3.24. The van der Waals surface area contributed by atoms with Crippen molar-refractivity contribution in [3.05, 3.63) is 0 Å². The topological polar surface area (TPSA) is 49.9 Å². The van der Waals surface area contributed by atoms with Crippen LogP contribution in [0.1, 0.15) is 44.9 Å². The van der Waals surface area contributed by atoms with Gasteiger partial charge in [-0.3, -0.25) is 9.59 Å². The molecular formula is C16H26N2O3. The quantitative estimate of drug-likeness (QED) is 0.788. The van der Waals surface area contributed by atoms with Crippen molar-refractivity contribution in [3.63, 3.8) is 0 Å². The van der Waals surface area contributed by atoms with E-state index in [1.165, 1.54) is 6.42 Å². The molecule has 2 saturated heterocycles. The minimum atomic E-state index is 0.225. The summed E-state index contributed by atoms with van der Waals surface area (Å²) in [4.78, 5) is 28.1. The monoisotopic (exact) mass is 294 g/mol. The van der Waals surface area contributed by atoms with E-state index in [2.05, 4.69) is 0 Å². The molecule has 5 nitrogen and oxygen atoms in total. The maximum atomic E-state index is 12.2. The van der Waals surface area contributed by atoms with Crippen LogP contribution in [-0.2, 0) is 14.3 Å². The SMILES string of the molecule is O=C(CC[C@@H]1CCCCO1)N1CCN(C(=O)C2CC2)CC1. The number of rotatable bonds is 4. The van der Waals surface area contributed by atoms with Crippen LogP contribution in [0.3, 0.4) is 0 Å². The lowest BCUT2D eigenvalue weighted by Crippen LogP contribution is -2.51. The smallest absolute Gasteiger partial charge is 0.225 e. The van der Waals surface area contributed by atoms with Gasteiger partial charge in [-0.15, -0.1) is 0 Å². The first kappa shape index (κ1) is 14.8. The van der Waals surface area contributed by atoms with Crippen LogP contribution in [0.15, 0.2) is 0 Å². The molecule has 0 spiro atoms. The van der Waals surface area contributed by atoms with E-state index in [9.17, 15) is 9.59 Å². The average molecular weight is 294 g/mol. The van der Waals surface area contributed by atoms with Gasteiger partial charge < -0.3 is 14.5 Å². The van der Waals surface area contributed by atoms with Crippen molar-refractivity contribution in [2.24, 2.45) is 5.92 Å². The van der Waals surface area contributed by atoms with Gasteiger partial charge >= 0.3 is 0 Å². The Balaban J connectivity index is 1.37. The van der Waals surface area contributed by atoms with Gasteiger partial charge in [-0.1, -0.05) is 0 Å². The Morgan fingerprint density at radius 2 is 1.67 bits per heavy atom. The van der Waals surface area contributed by atoms with Crippen LogP contribution in [0.2, 0.25) is 0 Å². The van der Waals surface area contributed by atoms with Crippen molar-refractivity contribution >= 4 is 11.8 Å². The average Bonchev–Trinajstić information content (AvgIpc) is 3.38. The van der Waals surface area contributed by atoms with E-state index in [0.29, 0.717) is 38.5 Å². The number of piperazine rings is 1. The number of carbonyl (C=O) groups is 2. The molecule has 118 valence electrons. The van der Waals surface area contributed by atoms with Crippen LogP contribution in [0, 0.1) is 5.92 Å². The maximum Gasteiger partial charge on any atom is 0.225 e. The van der Waals surface area contributed by atoms with Crippen molar-refractivity contribution in [2.45, 2.75) is 51.0 Å². The maximum absolute atomic E-state index is 12.2. The second kappa shape index (κ2) is 6.77. The highest BCUT2D eigenvalue weighted by Gasteiger charge is 2.35. The van der Waals surface area contributed by atoms with E-state index in [1.54, 1.807) is 0 Å². The lowest BCUT2D eigenvalue weighted by molar-refractivity contribution is -0.140. The summed E-state index contributed by atoms with van der Waals surface area (Å²) in [5.74, 6) is 0.816. The fourth-order valence-corrected chi connectivity index (χ4v) is 3.24. The molecule has 0 N–H and O–H groups in total. The Bertz CT molecular complexity index is 381. The van der Waals surface area contributed by atoms with Crippen LogP contribution >= 0.6 is 0 Å². The molecule has 2 aliphatic heterocycles. The van der Waals surface area contributed by atoms with Gasteiger partial charge in [0.25, 0.3) is 0 Å². The lowest BCUT2D eigenvalue weighted by atomic mass is 10.0. The van der Waals surface area contributed by atoms with Gasteiger partial charge in [0.1, 0.15) is 0 Å². The van der Waals surface area contributed by atoms with Crippen molar-refractivity contribution in [3.8, 4) is 0 Å². The van der Waals surface area contributed by atoms with Crippen LogP contribution < -0.4 is 0 Å². The van der Waals surface area contributed by atoms with E-state index in [-0.39, 0.29) is 17.9 Å². The third-order valence-electron chi connectivity index (χ3n) is 4.82. The molecule has 2 amide bonds. The van der Waals surface area contributed by atoms with Crippen molar-refractivity contribution in [1.82, 2.24) is 9.80 Å². The van der Waals surface area contributed by atoms with Crippen LogP contribution in [0.4, 0.5) is 0 Å². The highest BCUT2D eigenvalue weighted by atomic mass is 16.5. The molecule has 21 heavy (non-hydrogen) atoms. The Hall–Kier alpha value is -1.10. The molecular weight excluding hydrogens is 268 g/mol. The Labute approximate surface area is 126 Å². The van der Waals surface area contributed by atoms with E-state index < -0.39 is 0 Å². The Morgan fingerprint density at radius 1 is 0.952 bits per heavy atom. The Kier molecular flexibility index (Phi) is 4.78. The predicted octanol–water partition coefficient (Wildman–Crippen LogP) is 1.42. The van der Waals surface area contributed by atoms with Crippen LogP contribution in [-0.4, -0.2) is 60.5 Å². The molecule has 3 aliphatic rings. The number of carbonyl (C=O) groups excluding carboxylic acids is 2. The van der Waals surface area contributed by atoms with Gasteiger partial charge in [0.05, 0.1) is 6.10 Å². The molecule has 3 fully saturated rings. The second-order valence-corrected chi connectivity index (χ2v) is 6.51. The number of amides is 2. The molecule has 1 atom stereocenters. The molecule has 0 aromatic rings. The zero-order valence-corrected chi connectivity index (χ0v) is 12.8. The fraction of sp³-hybridized carbons (Fsp3) is 0.875. The summed E-state index contributed by atoms with van der Waals surface area (Å²) in [7, 11) is 0. The standard InChI is InChI=1S/C16H26N2O3/c19-15(7-6-14-3-1-2-12-21-14)17-8-10-18(11-9-17)16(20)13-4-5-13/h13-14H,1-12H2/t14-/m0/s1. The summed E-state index contributed by atoms with van der Waals surface area (Å²) in [6.45, 7) is 3.66. The zero-order valence-electron chi connectivity index (χ0n) is 12.8. The number of ether oxygens (including phenoxy) is 1. The highest BCUT2D eigenvalue weighted by molar-refractivity contribution is 5.81. The minimum Gasteiger partial charge on any atom is -0.378 e. The van der Waals surface area contributed by atoms with Crippen molar-refractivity contribution in [2.75, 3.05) is 32.8 Å². The van der Waals surface area contributed by atoms with Gasteiger partial charge in [-0.25, -0.2) is 0 Å². The number of nitrogens with zero attached hydrogens (tertiary/aromatic N) is 2. The molecule has 0 aromatic heterocycles. The third-order valence-corrected chi connectivity index (χ3v) is 4.82. The van der Waals surface area contributed by atoms with E-state index >= 15 is 0 Å². The molecule has 0 radical (unpaired) electrons. The van der Waals surface area contributed by atoms with Gasteiger partial charge in [0.2, 0.25) is 11.8 Å². The molecule has 3 rings (SSSR count). The first-order chi connectivity index (χ1) is 10.2. The molecule has 1 aliphatic carbocycles. The summed E-state index contributed by atoms with van der Waals surface area (Å²) >= 11 is 0. The van der Waals surface area contributed by atoms with E-state index in [4.69, 9.17) is 4.74 Å². The largest absolute Gasteiger partial charge is 0.378 e. The second-order valence-electron chi connectivity index (χ2n) is 6.51. The van der Waals surface area contributed by atoms with Gasteiger partial charge in [-0.05, 0) is 38.5 Å². The van der Waals surface area contributed by atoms with Gasteiger partial charge in [-0.2, -0.15) is 0 Å². The summed E-state index contributed by atoms with van der Waals surface area (Å²) in [6.07, 6.45) is 7.29. The molecule has 5 heteroatoms.